The van der Waals surface area contributed by atoms with E-state index in [9.17, 15) is 25.9 Å². The number of ether oxygens (including phenoxy) is 1. The first-order chi connectivity index (χ1) is 21.5. The van der Waals surface area contributed by atoms with Gasteiger partial charge in [-0.05, 0) is 65.6 Å². The topological polar surface area (TPSA) is 131 Å². The predicted molar refractivity (Wildman–Crippen MR) is 184 cm³/mol. The molecule has 0 saturated carbocycles. The largest absolute Gasteiger partial charge is 0.748 e. The van der Waals surface area contributed by atoms with Crippen molar-refractivity contribution < 1.29 is 35.2 Å². The van der Waals surface area contributed by atoms with E-state index >= 15 is 0 Å². The van der Waals surface area contributed by atoms with Crippen LogP contribution in [0.5, 0.6) is 5.75 Å². The van der Waals surface area contributed by atoms with Gasteiger partial charge in [0.05, 0.1) is 48.1 Å². The molecule has 238 valence electrons. The summed E-state index contributed by atoms with van der Waals surface area (Å²) in [4.78, 5) is 3.09. The van der Waals surface area contributed by atoms with Gasteiger partial charge in [0.15, 0.2) is 6.54 Å². The third-order valence-corrected chi connectivity index (χ3v) is 13.1. The zero-order valence-corrected chi connectivity index (χ0v) is 29.2. The van der Waals surface area contributed by atoms with Crippen LogP contribution in [0.2, 0.25) is 0 Å². The molecule has 5 aromatic rings. The van der Waals surface area contributed by atoms with Crippen molar-refractivity contribution in [2.45, 2.75) is 37.6 Å². The van der Waals surface area contributed by atoms with Crippen LogP contribution in [0.1, 0.15) is 31.2 Å². The van der Waals surface area contributed by atoms with E-state index in [1.807, 2.05) is 22.9 Å². The molecule has 2 aromatic carbocycles. The van der Waals surface area contributed by atoms with Crippen LogP contribution in [0.4, 0.5) is 5.69 Å². The van der Waals surface area contributed by atoms with Crippen LogP contribution in [-0.2, 0) is 26.8 Å². The van der Waals surface area contributed by atoms with E-state index in [-0.39, 0.29) is 12.8 Å². The highest BCUT2D eigenvalue weighted by molar-refractivity contribution is 8.03. The van der Waals surface area contributed by atoms with E-state index < -0.39 is 31.7 Å². The average Bonchev–Trinajstić information content (AvgIpc) is 3.76. The first kappa shape index (κ1) is 32.4. The lowest BCUT2D eigenvalue weighted by atomic mass is 10.1. The number of thiazole rings is 1. The minimum absolute atomic E-state index is 0.183. The standard InChI is InChI=1S/C30H30N2O7S6/c1-3-19(16-26-31(10-4-14-44(33,34)35)28-21-9-12-40-23(21)6-7-24(28)42-26)17-27-32(11-5-15-45(36,37)38)29-25(43-27)18-22(39-2)20-8-13-41-30(20)29/h6-9,12-13,16-18H,3-5,10-11,14-15H2,1-2H3,(H-,33,34,35,36,37,38)/p-1. The molecule has 0 amide bonds. The van der Waals surface area contributed by atoms with Gasteiger partial charge in [0.1, 0.15) is 10.4 Å². The molecule has 3 aromatic heterocycles. The molecule has 0 fully saturated rings. The van der Waals surface area contributed by atoms with Crippen molar-refractivity contribution in [1.29, 1.82) is 0 Å². The van der Waals surface area contributed by atoms with Gasteiger partial charge in [-0.15, -0.1) is 22.7 Å². The predicted octanol–water partition coefficient (Wildman–Crippen LogP) is 6.74. The van der Waals surface area contributed by atoms with Crippen LogP contribution in [0, 0.1) is 0 Å². The van der Waals surface area contributed by atoms with Gasteiger partial charge in [0, 0.05) is 45.5 Å². The third kappa shape index (κ3) is 6.95. The molecule has 45 heavy (non-hydrogen) atoms. The lowest BCUT2D eigenvalue weighted by Crippen LogP contribution is -2.36. The molecule has 0 N–H and O–H groups in total. The van der Waals surface area contributed by atoms with Crippen LogP contribution in [0.3, 0.4) is 0 Å². The van der Waals surface area contributed by atoms with Gasteiger partial charge in [0.25, 0.3) is 5.01 Å². The highest BCUT2D eigenvalue weighted by Gasteiger charge is 2.30. The first-order valence-corrected chi connectivity index (χ1v) is 20.7. The first-order valence-electron chi connectivity index (χ1n) is 14.1. The fraction of sp³-hybridized carbons (Fsp3) is 0.300. The highest BCUT2D eigenvalue weighted by Crippen LogP contribution is 2.53. The van der Waals surface area contributed by atoms with Gasteiger partial charge < -0.3 is 18.7 Å². The smallest absolute Gasteiger partial charge is 0.263 e. The van der Waals surface area contributed by atoms with Gasteiger partial charge >= 0.3 is 0 Å². The Morgan fingerprint density at radius 3 is 2.42 bits per heavy atom. The Morgan fingerprint density at radius 2 is 1.69 bits per heavy atom. The molecular formula is C30H29N2O7S6-. The van der Waals surface area contributed by atoms with Crippen molar-refractivity contribution in [2.75, 3.05) is 30.1 Å². The Kier molecular flexibility index (Phi) is 9.34. The number of fused-ring (bicyclic) bond motifs is 6. The van der Waals surface area contributed by atoms with E-state index in [0.29, 0.717) is 19.5 Å². The van der Waals surface area contributed by atoms with Crippen LogP contribution in [0.25, 0.3) is 36.5 Å². The maximum absolute atomic E-state index is 11.4. The lowest BCUT2D eigenvalue weighted by molar-refractivity contribution is -0.667. The van der Waals surface area contributed by atoms with Crippen LogP contribution in [-0.4, -0.2) is 51.1 Å². The Balaban J connectivity index is 1.44. The quantitative estimate of drug-likeness (QED) is 0.102. The monoisotopic (exact) mass is 721 g/mol. The van der Waals surface area contributed by atoms with Crippen molar-refractivity contribution >= 4 is 108 Å². The zero-order valence-electron chi connectivity index (χ0n) is 24.3. The summed E-state index contributed by atoms with van der Waals surface area (Å²) >= 11 is 6.41. The van der Waals surface area contributed by atoms with Gasteiger partial charge in [-0.25, -0.2) is 16.8 Å². The summed E-state index contributed by atoms with van der Waals surface area (Å²) in [5.74, 6) is -0.123. The summed E-state index contributed by atoms with van der Waals surface area (Å²) in [6.45, 7) is 2.79. The number of rotatable bonds is 12. The summed E-state index contributed by atoms with van der Waals surface area (Å²) < 4.78 is 79.6. The van der Waals surface area contributed by atoms with Crippen molar-refractivity contribution in [2.24, 2.45) is 0 Å². The van der Waals surface area contributed by atoms with Crippen molar-refractivity contribution in [3.63, 3.8) is 0 Å². The minimum atomic E-state index is -4.36. The second kappa shape index (κ2) is 13.0. The number of hydrogen-bond donors (Lipinski definition) is 0. The normalized spacial score (nSPS) is 15.2. The molecule has 4 heterocycles. The van der Waals surface area contributed by atoms with E-state index in [1.54, 1.807) is 52.9 Å². The summed E-state index contributed by atoms with van der Waals surface area (Å²) in [7, 11) is -7.06. The third-order valence-electron chi connectivity index (χ3n) is 7.51. The Labute approximate surface area is 277 Å². The van der Waals surface area contributed by atoms with Crippen LogP contribution < -0.4 is 14.2 Å². The second-order valence-electron chi connectivity index (χ2n) is 10.5. The summed E-state index contributed by atoms with van der Waals surface area (Å²) in [6.07, 6.45) is 5.28. The number of thioether (sulfide) groups is 1. The second-order valence-corrected chi connectivity index (χ2v) is 17.5. The number of nitrogens with zero attached hydrogens (tertiary/aromatic N) is 2. The number of allylic oxidation sites excluding steroid dienone is 2. The van der Waals surface area contributed by atoms with Gasteiger partial charge in [-0.2, -0.15) is 4.57 Å². The molecule has 0 atom stereocenters. The summed E-state index contributed by atoms with van der Waals surface area (Å²) in [6, 6.07) is 10.2. The summed E-state index contributed by atoms with van der Waals surface area (Å²) in [5, 5.41) is 7.95. The molecule has 0 radical (unpaired) electrons. The van der Waals surface area contributed by atoms with Crippen molar-refractivity contribution in [3.8, 4) is 5.75 Å². The number of methoxy groups -OCH3 is 1. The highest BCUT2D eigenvalue weighted by atomic mass is 32.2. The lowest BCUT2D eigenvalue weighted by Gasteiger charge is -2.22. The molecule has 0 unspecified atom stereocenters. The number of anilines is 1. The molecule has 15 heteroatoms. The number of hydrogen-bond acceptors (Lipinski definition) is 12. The minimum Gasteiger partial charge on any atom is -0.748 e. The average molecular weight is 722 g/mol. The van der Waals surface area contributed by atoms with Crippen LogP contribution in [0.15, 0.2) is 62.7 Å². The van der Waals surface area contributed by atoms with E-state index in [2.05, 4.69) is 46.7 Å². The molecule has 6 rings (SSSR count). The van der Waals surface area contributed by atoms with Gasteiger partial charge in [-0.1, -0.05) is 30.0 Å². The molecule has 0 spiro atoms. The van der Waals surface area contributed by atoms with E-state index in [0.717, 1.165) is 62.3 Å². The number of aromatic nitrogens is 1. The maximum Gasteiger partial charge on any atom is 0.263 e. The fourth-order valence-corrected chi connectivity index (χ4v) is 10.7. The van der Waals surface area contributed by atoms with Gasteiger partial charge in [0.2, 0.25) is 5.52 Å². The Morgan fingerprint density at radius 1 is 0.978 bits per heavy atom. The van der Waals surface area contributed by atoms with E-state index in [1.165, 1.54) is 0 Å². The Hall–Kier alpha value is -2.50. The molecule has 0 aliphatic carbocycles. The SMILES string of the molecule is CCC(=Cc1sc2ccc3sccc3c2[n+]1CCCS(=O)(=O)[O-])C=C1Sc2cc(OC)c3ccsc3c2N1CCCS(=O)(=O)[O-]. The zero-order chi connectivity index (χ0) is 31.9. The fourth-order valence-electron chi connectivity index (χ4n) is 5.51. The molecule has 9 nitrogen and oxygen atoms in total. The van der Waals surface area contributed by atoms with Crippen LogP contribution >= 0.6 is 45.8 Å². The molecule has 1 aliphatic rings. The Bertz CT molecular complexity index is 2190. The molecule has 0 bridgehead atoms. The van der Waals surface area contributed by atoms with Crippen molar-refractivity contribution in [1.82, 2.24) is 0 Å². The maximum atomic E-state index is 11.4. The molecule has 1 aliphatic heterocycles. The van der Waals surface area contributed by atoms with Gasteiger partial charge in [-0.3, -0.25) is 0 Å². The summed E-state index contributed by atoms with van der Waals surface area (Å²) in [5.41, 5.74) is 3.01. The number of benzene rings is 2. The van der Waals surface area contributed by atoms with E-state index in [4.69, 9.17) is 4.74 Å². The number of thiophene rings is 2. The molecular weight excluding hydrogens is 693 g/mol. The molecule has 0 saturated heterocycles. The van der Waals surface area contributed by atoms with Crippen molar-refractivity contribution in [3.05, 3.63) is 62.8 Å². The number of aryl methyl sites for hydroxylation is 1.